The number of carbonyl (C=O) groups excluding carboxylic acids is 1. The molecule has 1 amide bonds. The van der Waals surface area contributed by atoms with Gasteiger partial charge in [0.15, 0.2) is 5.76 Å². The van der Waals surface area contributed by atoms with Gasteiger partial charge in [-0.2, -0.15) is 0 Å². The summed E-state index contributed by atoms with van der Waals surface area (Å²) in [6, 6.07) is 12.8. The number of amidine groups is 1. The Morgan fingerprint density at radius 3 is 2.74 bits per heavy atom. The van der Waals surface area contributed by atoms with Crippen LogP contribution in [0, 0.1) is 6.92 Å². The van der Waals surface area contributed by atoms with Gasteiger partial charge in [-0.05, 0) is 48.7 Å². The van der Waals surface area contributed by atoms with Crippen molar-refractivity contribution in [3.05, 3.63) is 64.4 Å². The molecule has 0 spiro atoms. The van der Waals surface area contributed by atoms with Crippen molar-refractivity contribution in [3.8, 4) is 5.75 Å². The van der Waals surface area contributed by atoms with E-state index < -0.39 is 12.7 Å². The summed E-state index contributed by atoms with van der Waals surface area (Å²) in [4.78, 5) is 19.1. The van der Waals surface area contributed by atoms with Crippen LogP contribution in [0.25, 0.3) is 6.08 Å². The molecular weight excluding hydrogens is 420 g/mol. The fraction of sp³-hybridized carbons (Fsp3) is 0.304. The molecule has 8 heteroatoms. The molecule has 3 rings (SSSR count). The van der Waals surface area contributed by atoms with E-state index >= 15 is 0 Å². The number of ether oxygens (including phenoxy) is 2. The maximum absolute atomic E-state index is 13.1. The Morgan fingerprint density at radius 1 is 1.29 bits per heavy atom. The van der Waals surface area contributed by atoms with Gasteiger partial charge in [-0.25, -0.2) is 9.89 Å². The van der Waals surface area contributed by atoms with Crippen LogP contribution in [-0.2, 0) is 9.53 Å². The number of hydrogen-bond donors (Lipinski definition) is 2. The largest absolute Gasteiger partial charge is 0.489 e. The predicted octanol–water partition coefficient (Wildman–Crippen LogP) is 3.55. The third-order valence-corrected chi connectivity index (χ3v) is 4.82. The molecule has 0 bridgehead atoms. The second kappa shape index (κ2) is 10.4. The first-order valence-electron chi connectivity index (χ1n) is 10.00. The second-order valence-electron chi connectivity index (χ2n) is 7.04. The monoisotopic (exact) mass is 444 g/mol. The highest BCUT2D eigenvalue weighted by molar-refractivity contribution is 6.32. The highest BCUT2D eigenvalue weighted by Gasteiger charge is 2.36. The Bertz CT molecular complexity index is 1010. The minimum absolute atomic E-state index is 0.0824. The maximum atomic E-state index is 13.1. The van der Waals surface area contributed by atoms with E-state index in [9.17, 15) is 9.90 Å². The van der Waals surface area contributed by atoms with Gasteiger partial charge in [-0.1, -0.05) is 42.8 Å². The van der Waals surface area contributed by atoms with Gasteiger partial charge in [0, 0.05) is 6.54 Å². The lowest BCUT2D eigenvalue weighted by Gasteiger charge is -2.15. The minimum atomic E-state index is -0.990. The number of para-hydroxylation sites is 1. The Hall–Kier alpha value is -2.87. The molecule has 0 aromatic heterocycles. The zero-order valence-corrected chi connectivity index (χ0v) is 18.2. The summed E-state index contributed by atoms with van der Waals surface area (Å²) in [5.74, 6) is 0.187. The van der Waals surface area contributed by atoms with Crippen LogP contribution < -0.4 is 9.64 Å². The van der Waals surface area contributed by atoms with E-state index in [0.717, 1.165) is 17.7 Å². The molecule has 1 fully saturated rings. The lowest BCUT2D eigenvalue weighted by atomic mass is 10.1. The number of aliphatic imine (C=N–C) groups is 1. The number of amides is 1. The van der Waals surface area contributed by atoms with E-state index in [1.54, 1.807) is 24.3 Å². The summed E-state index contributed by atoms with van der Waals surface area (Å²) in [6.45, 7) is 3.98. The summed E-state index contributed by atoms with van der Waals surface area (Å²) in [6.07, 6.45) is 1.43. The average molecular weight is 445 g/mol. The van der Waals surface area contributed by atoms with E-state index in [1.807, 2.05) is 38.1 Å². The van der Waals surface area contributed by atoms with Gasteiger partial charge >= 0.3 is 11.9 Å². The molecule has 2 aromatic rings. The van der Waals surface area contributed by atoms with Crippen LogP contribution in [0.5, 0.6) is 5.75 Å². The van der Waals surface area contributed by atoms with Gasteiger partial charge in [0.2, 0.25) is 0 Å². The molecular formula is C23H25ClN2O5. The predicted molar refractivity (Wildman–Crippen MR) is 120 cm³/mol. The molecule has 0 saturated carbocycles. The molecule has 2 aromatic carbocycles. The number of anilines is 1. The zero-order chi connectivity index (χ0) is 22.4. The Labute approximate surface area is 186 Å². The normalized spacial score (nSPS) is 17.3. The molecule has 1 atom stereocenters. The lowest BCUT2D eigenvalue weighted by Crippen LogP contribution is -2.30. The molecule has 31 heavy (non-hydrogen) atoms. The Balaban J connectivity index is 1.88. The molecule has 0 radical (unpaired) electrons. The smallest absolute Gasteiger partial charge is 0.305 e. The van der Waals surface area contributed by atoms with Gasteiger partial charge in [0.1, 0.15) is 18.5 Å². The van der Waals surface area contributed by atoms with Crippen LogP contribution >= 0.6 is 11.6 Å². The van der Waals surface area contributed by atoms with Crippen LogP contribution in [-0.4, -0.2) is 48.0 Å². The fourth-order valence-electron chi connectivity index (χ4n) is 2.93. The van der Waals surface area contributed by atoms with E-state index in [-0.39, 0.29) is 24.3 Å². The molecule has 1 unspecified atom stereocenters. The van der Waals surface area contributed by atoms with Crippen LogP contribution in [0.1, 0.15) is 24.5 Å². The number of aliphatic hydroxyl groups excluding tert-OH is 2. The number of aryl methyl sites for hydroxylation is 1. The maximum Gasteiger partial charge on any atom is 0.305 e. The first-order chi connectivity index (χ1) is 14.9. The molecule has 1 saturated heterocycles. The summed E-state index contributed by atoms with van der Waals surface area (Å²) in [5.41, 5.74) is 2.29. The van der Waals surface area contributed by atoms with Gasteiger partial charge in [0.05, 0.1) is 17.3 Å². The lowest BCUT2D eigenvalue weighted by molar-refractivity contribution is -0.114. The number of carbonyl (C=O) groups is 1. The van der Waals surface area contributed by atoms with E-state index in [4.69, 9.17) is 26.2 Å². The quantitative estimate of drug-likeness (QED) is 0.607. The number of halogens is 1. The van der Waals surface area contributed by atoms with Crippen molar-refractivity contribution < 1.29 is 24.5 Å². The number of hydrogen-bond acceptors (Lipinski definition) is 6. The first kappa shape index (κ1) is 22.8. The van der Waals surface area contributed by atoms with E-state index in [0.29, 0.717) is 22.9 Å². The summed E-state index contributed by atoms with van der Waals surface area (Å²) in [5, 5.41) is 18.6. The molecule has 7 nitrogen and oxygen atoms in total. The van der Waals surface area contributed by atoms with Crippen molar-refractivity contribution in [2.75, 3.05) is 24.7 Å². The van der Waals surface area contributed by atoms with E-state index in [2.05, 4.69) is 4.99 Å². The summed E-state index contributed by atoms with van der Waals surface area (Å²) < 4.78 is 11.2. The van der Waals surface area contributed by atoms with Gasteiger partial charge in [0.25, 0.3) is 0 Å². The van der Waals surface area contributed by atoms with Crippen molar-refractivity contribution in [1.82, 2.24) is 0 Å². The third kappa shape index (κ3) is 5.44. The number of aliphatic hydroxyl groups is 2. The first-order valence-corrected chi connectivity index (χ1v) is 10.4. The van der Waals surface area contributed by atoms with Crippen LogP contribution in [0.3, 0.4) is 0 Å². The van der Waals surface area contributed by atoms with Crippen molar-refractivity contribution >= 4 is 35.3 Å². The van der Waals surface area contributed by atoms with E-state index in [1.165, 1.54) is 4.90 Å². The fourth-order valence-corrected chi connectivity index (χ4v) is 3.17. The number of rotatable bonds is 8. The van der Waals surface area contributed by atoms with Crippen LogP contribution in [0.2, 0.25) is 5.02 Å². The van der Waals surface area contributed by atoms with Crippen molar-refractivity contribution in [1.29, 1.82) is 0 Å². The van der Waals surface area contributed by atoms with Gasteiger partial charge in [-0.15, -0.1) is 0 Å². The second-order valence-corrected chi connectivity index (χ2v) is 7.45. The van der Waals surface area contributed by atoms with Crippen molar-refractivity contribution in [3.63, 3.8) is 0 Å². The minimum Gasteiger partial charge on any atom is -0.489 e. The van der Waals surface area contributed by atoms with Gasteiger partial charge in [-0.3, -0.25) is 4.79 Å². The van der Waals surface area contributed by atoms with Crippen molar-refractivity contribution in [2.24, 2.45) is 4.99 Å². The highest BCUT2D eigenvalue weighted by Crippen LogP contribution is 2.31. The SMILES string of the molecule is CCCN=C1OC(=Cc2ccc(OCC(O)CO)c(Cl)c2)C(=O)N1c1ccccc1C. The number of benzene rings is 2. The van der Waals surface area contributed by atoms with Crippen LogP contribution in [0.4, 0.5) is 5.69 Å². The van der Waals surface area contributed by atoms with Crippen LogP contribution in [0.15, 0.2) is 53.2 Å². The third-order valence-electron chi connectivity index (χ3n) is 4.53. The molecule has 1 heterocycles. The zero-order valence-electron chi connectivity index (χ0n) is 17.4. The summed E-state index contributed by atoms with van der Waals surface area (Å²) in [7, 11) is 0. The summed E-state index contributed by atoms with van der Waals surface area (Å²) >= 11 is 6.26. The van der Waals surface area contributed by atoms with Crippen molar-refractivity contribution in [2.45, 2.75) is 26.4 Å². The Kier molecular flexibility index (Phi) is 7.68. The highest BCUT2D eigenvalue weighted by atomic mass is 35.5. The average Bonchev–Trinajstić information content (AvgIpc) is 3.06. The standard InChI is InChI=1S/C23H25ClN2O5/c1-3-10-25-23-26(19-7-5-4-6-15(19)2)22(29)21(31-23)12-16-8-9-20(18(24)11-16)30-14-17(28)13-27/h4-9,11-12,17,27-28H,3,10,13-14H2,1-2H3. The molecule has 1 aliphatic rings. The molecule has 1 aliphatic heterocycles. The number of nitrogens with zero attached hydrogens (tertiary/aromatic N) is 2. The molecule has 2 N–H and O–H groups in total. The topological polar surface area (TPSA) is 91.6 Å². The Morgan fingerprint density at radius 2 is 2.06 bits per heavy atom. The molecule has 0 aliphatic carbocycles. The molecule has 164 valence electrons. The van der Waals surface area contributed by atoms with Gasteiger partial charge < -0.3 is 19.7 Å².